The molecule has 0 aliphatic carbocycles. The van der Waals surface area contributed by atoms with Gasteiger partial charge in [-0.15, -0.1) is 5.10 Å². The van der Waals surface area contributed by atoms with Gasteiger partial charge in [-0.1, -0.05) is 18.2 Å². The number of carbonyl (C=O) groups is 1. The number of benzene rings is 2. The molecule has 3 aromatic rings. The minimum atomic E-state index is -2.91. The van der Waals surface area contributed by atoms with Crippen molar-refractivity contribution in [3.63, 3.8) is 0 Å². The highest BCUT2D eigenvalue weighted by Gasteiger charge is 2.45. The van der Waals surface area contributed by atoms with E-state index in [1.54, 1.807) is 6.92 Å². The van der Waals surface area contributed by atoms with Crippen LogP contribution in [0.5, 0.6) is 0 Å². The molecule has 1 saturated heterocycles. The first-order chi connectivity index (χ1) is 18.0. The number of alkyl halides is 2. The number of carbonyl (C=O) groups excluding carboxylic acids is 1. The van der Waals surface area contributed by atoms with Crippen molar-refractivity contribution < 1.29 is 22.7 Å². The van der Waals surface area contributed by atoms with E-state index in [9.17, 15) is 18.0 Å². The standard InChI is InChI=1S/C28H32F3N5O2/c1-15(18-7-6-8-19(24(18)29)25(30)31)32-26-21-12-23-22(11-20(21)16(2)33-34-26)28(3,4)27(37)36(23)13-17-14-38-10-9-35(17)5/h6-8,11-12,15,17,25H,9-10,13-14H2,1-5H3,(H,32,34)/t15-,17+/m1/s1. The van der Waals surface area contributed by atoms with Crippen LogP contribution in [-0.4, -0.2) is 60.4 Å². The fraction of sp³-hybridized carbons (Fsp3) is 0.464. The van der Waals surface area contributed by atoms with E-state index in [0.717, 1.165) is 34.6 Å². The predicted molar refractivity (Wildman–Crippen MR) is 140 cm³/mol. The van der Waals surface area contributed by atoms with E-state index < -0.39 is 29.3 Å². The number of halogens is 3. The molecule has 1 aromatic heterocycles. The number of likely N-dealkylation sites (N-methyl/N-ethyl adjacent to an activating group) is 1. The first-order valence-electron chi connectivity index (χ1n) is 12.7. The van der Waals surface area contributed by atoms with E-state index in [2.05, 4.69) is 20.4 Å². The fourth-order valence-corrected chi connectivity index (χ4v) is 5.38. The van der Waals surface area contributed by atoms with E-state index in [1.807, 2.05) is 44.9 Å². The van der Waals surface area contributed by atoms with Gasteiger partial charge in [-0.05, 0) is 52.4 Å². The molecule has 202 valence electrons. The summed E-state index contributed by atoms with van der Waals surface area (Å²) in [5.74, 6) is -0.544. The molecule has 7 nitrogen and oxygen atoms in total. The maximum atomic E-state index is 14.9. The topological polar surface area (TPSA) is 70.6 Å². The summed E-state index contributed by atoms with van der Waals surface area (Å²) < 4.78 is 47.1. The number of rotatable bonds is 6. The Hall–Kier alpha value is -3.24. The van der Waals surface area contributed by atoms with E-state index in [1.165, 1.54) is 12.1 Å². The van der Waals surface area contributed by atoms with Crippen LogP contribution in [0, 0.1) is 12.7 Å². The highest BCUT2D eigenvalue weighted by molar-refractivity contribution is 6.11. The molecule has 0 radical (unpaired) electrons. The minimum absolute atomic E-state index is 0.00844. The molecule has 2 aromatic carbocycles. The Balaban J connectivity index is 1.56. The summed E-state index contributed by atoms with van der Waals surface area (Å²) in [5, 5.41) is 13.3. The third-order valence-electron chi connectivity index (χ3n) is 7.85. The van der Waals surface area contributed by atoms with E-state index in [-0.39, 0.29) is 17.5 Å². The number of hydrogen-bond acceptors (Lipinski definition) is 6. The van der Waals surface area contributed by atoms with Gasteiger partial charge in [0.15, 0.2) is 5.82 Å². The average molecular weight is 528 g/mol. The lowest BCUT2D eigenvalue weighted by Crippen LogP contribution is -2.51. The van der Waals surface area contributed by atoms with Crippen molar-refractivity contribution in [2.75, 3.05) is 43.6 Å². The maximum absolute atomic E-state index is 14.9. The number of morpholine rings is 1. The lowest BCUT2D eigenvalue weighted by Gasteiger charge is -2.35. The quantitative estimate of drug-likeness (QED) is 0.479. The van der Waals surface area contributed by atoms with Crippen molar-refractivity contribution in [1.82, 2.24) is 15.1 Å². The van der Waals surface area contributed by atoms with Crippen LogP contribution in [-0.2, 0) is 14.9 Å². The molecule has 38 heavy (non-hydrogen) atoms. The molecule has 3 heterocycles. The van der Waals surface area contributed by atoms with Crippen LogP contribution < -0.4 is 10.2 Å². The molecule has 1 amide bonds. The van der Waals surface area contributed by atoms with Gasteiger partial charge in [0, 0.05) is 35.1 Å². The molecule has 1 N–H and O–H groups in total. The van der Waals surface area contributed by atoms with Crippen LogP contribution in [0.2, 0.25) is 0 Å². The van der Waals surface area contributed by atoms with Crippen LogP contribution in [0.15, 0.2) is 30.3 Å². The molecule has 2 atom stereocenters. The summed E-state index contributed by atoms with van der Waals surface area (Å²) in [6.45, 7) is 9.87. The van der Waals surface area contributed by atoms with Crippen LogP contribution in [0.1, 0.15) is 55.6 Å². The average Bonchev–Trinajstić information content (AvgIpc) is 3.06. The summed E-state index contributed by atoms with van der Waals surface area (Å²) in [4.78, 5) is 17.6. The minimum Gasteiger partial charge on any atom is -0.378 e. The van der Waals surface area contributed by atoms with Crippen molar-refractivity contribution in [1.29, 1.82) is 0 Å². The van der Waals surface area contributed by atoms with E-state index in [4.69, 9.17) is 4.74 Å². The largest absolute Gasteiger partial charge is 0.378 e. The number of nitrogens with zero attached hydrogens (tertiary/aromatic N) is 4. The summed E-state index contributed by atoms with van der Waals surface area (Å²) in [5.41, 5.74) is 1.13. The summed E-state index contributed by atoms with van der Waals surface area (Å²) >= 11 is 0. The number of fused-ring (bicyclic) bond motifs is 2. The zero-order valence-corrected chi connectivity index (χ0v) is 22.2. The zero-order valence-electron chi connectivity index (χ0n) is 22.2. The van der Waals surface area contributed by atoms with Gasteiger partial charge in [-0.25, -0.2) is 13.2 Å². The molecule has 5 rings (SSSR count). The number of anilines is 2. The Kier molecular flexibility index (Phi) is 6.81. The summed E-state index contributed by atoms with van der Waals surface area (Å²) in [6, 6.07) is 7.30. The van der Waals surface area contributed by atoms with E-state index >= 15 is 0 Å². The van der Waals surface area contributed by atoms with E-state index in [0.29, 0.717) is 31.3 Å². The highest BCUT2D eigenvalue weighted by Crippen LogP contribution is 2.45. The fourth-order valence-electron chi connectivity index (χ4n) is 5.38. The molecule has 0 unspecified atom stereocenters. The molecule has 10 heteroatoms. The third-order valence-corrected chi connectivity index (χ3v) is 7.85. The van der Waals surface area contributed by atoms with Crippen LogP contribution in [0.4, 0.5) is 24.7 Å². The maximum Gasteiger partial charge on any atom is 0.266 e. The molecule has 0 saturated carbocycles. The van der Waals surface area contributed by atoms with Crippen molar-refractivity contribution in [3.8, 4) is 0 Å². The highest BCUT2D eigenvalue weighted by atomic mass is 19.3. The van der Waals surface area contributed by atoms with Gasteiger partial charge in [0.2, 0.25) is 5.91 Å². The lowest BCUT2D eigenvalue weighted by atomic mass is 9.85. The van der Waals surface area contributed by atoms with Gasteiger partial charge >= 0.3 is 0 Å². The lowest BCUT2D eigenvalue weighted by molar-refractivity contribution is -0.122. The zero-order chi connectivity index (χ0) is 27.4. The van der Waals surface area contributed by atoms with Crippen LogP contribution in [0.3, 0.4) is 0 Å². The second kappa shape index (κ2) is 9.81. The molecular weight excluding hydrogens is 495 g/mol. The molecule has 0 bridgehead atoms. The van der Waals surface area contributed by atoms with Crippen molar-refractivity contribution in [2.45, 2.75) is 51.6 Å². The Morgan fingerprint density at radius 3 is 2.63 bits per heavy atom. The Morgan fingerprint density at radius 1 is 1.18 bits per heavy atom. The molecular formula is C28H32F3N5O2. The monoisotopic (exact) mass is 527 g/mol. The number of ether oxygens (including phenoxy) is 1. The Morgan fingerprint density at radius 2 is 1.92 bits per heavy atom. The first kappa shape index (κ1) is 26.4. The SMILES string of the molecule is Cc1nnc(N[C@H](C)c2cccc(C(F)F)c2F)c2cc3c(cc12)C(C)(C)C(=O)N3C[C@H]1COCCN1C. The number of amides is 1. The van der Waals surface area contributed by atoms with Gasteiger partial charge in [0.05, 0.1) is 42.0 Å². The second-order valence-corrected chi connectivity index (χ2v) is 10.7. The smallest absolute Gasteiger partial charge is 0.266 e. The third kappa shape index (κ3) is 4.39. The van der Waals surface area contributed by atoms with Gasteiger partial charge in [-0.2, -0.15) is 5.10 Å². The Labute approximate surface area is 220 Å². The second-order valence-electron chi connectivity index (χ2n) is 10.7. The number of nitrogens with one attached hydrogen (secondary N) is 1. The van der Waals surface area contributed by atoms with Gasteiger partial charge in [0.25, 0.3) is 6.43 Å². The van der Waals surface area contributed by atoms with Crippen LogP contribution >= 0.6 is 0 Å². The van der Waals surface area contributed by atoms with Gasteiger partial charge < -0.3 is 15.0 Å². The summed E-state index contributed by atoms with van der Waals surface area (Å²) in [7, 11) is 2.03. The summed E-state index contributed by atoms with van der Waals surface area (Å²) in [6.07, 6.45) is -2.91. The first-order valence-corrected chi connectivity index (χ1v) is 12.7. The molecule has 2 aliphatic rings. The van der Waals surface area contributed by atoms with Crippen molar-refractivity contribution >= 4 is 28.2 Å². The predicted octanol–water partition coefficient (Wildman–Crippen LogP) is 5.14. The molecule has 0 spiro atoms. The number of aryl methyl sites for hydroxylation is 1. The number of hydrogen-bond donors (Lipinski definition) is 1. The van der Waals surface area contributed by atoms with Gasteiger partial charge in [0.1, 0.15) is 5.82 Å². The normalized spacial score (nSPS) is 20.3. The number of aromatic nitrogens is 2. The Bertz CT molecular complexity index is 1400. The van der Waals surface area contributed by atoms with Gasteiger partial charge in [-0.3, -0.25) is 9.69 Å². The van der Waals surface area contributed by atoms with Crippen molar-refractivity contribution in [2.24, 2.45) is 0 Å². The molecule has 1 fully saturated rings. The van der Waals surface area contributed by atoms with Crippen LogP contribution in [0.25, 0.3) is 10.8 Å². The van der Waals surface area contributed by atoms with Crippen molar-refractivity contribution in [3.05, 3.63) is 58.5 Å². The molecule has 2 aliphatic heterocycles.